The van der Waals surface area contributed by atoms with Gasteiger partial charge in [-0.05, 0) is 35.9 Å². The summed E-state index contributed by atoms with van der Waals surface area (Å²) in [4.78, 5) is 18.0. The maximum absolute atomic E-state index is 13.4. The highest BCUT2D eigenvalue weighted by Gasteiger charge is 2.33. The maximum Gasteiger partial charge on any atom is 0.265 e. The molecule has 0 spiro atoms. The van der Waals surface area contributed by atoms with Gasteiger partial charge >= 0.3 is 0 Å². The van der Waals surface area contributed by atoms with E-state index in [4.69, 9.17) is 8.83 Å². The summed E-state index contributed by atoms with van der Waals surface area (Å²) in [6.45, 7) is 0. The fraction of sp³-hybridized carbons (Fsp3) is 0. The van der Waals surface area contributed by atoms with Crippen LogP contribution in [-0.2, 0) is 0 Å². The summed E-state index contributed by atoms with van der Waals surface area (Å²) in [7, 11) is 0. The average molecular weight is 454 g/mol. The number of para-hydroxylation sites is 1. The normalized spacial score (nSPS) is 13.7. The Hall–Kier alpha value is -5.40. The van der Waals surface area contributed by atoms with E-state index in [0.29, 0.717) is 45.3 Å². The minimum atomic E-state index is -0.250. The molecule has 164 valence electrons. The van der Waals surface area contributed by atoms with E-state index in [1.807, 2.05) is 47.0 Å². The summed E-state index contributed by atoms with van der Waals surface area (Å²) in [5, 5.41) is 19.2. The third-order valence-electron chi connectivity index (χ3n) is 5.85. The molecule has 7 nitrogen and oxygen atoms in total. The second-order valence-corrected chi connectivity index (χ2v) is 7.83. The van der Waals surface area contributed by atoms with Gasteiger partial charge in [-0.3, -0.25) is 9.36 Å². The van der Waals surface area contributed by atoms with E-state index in [2.05, 4.69) is 4.98 Å². The minimum Gasteiger partial charge on any atom is -0.459 e. The molecule has 0 fully saturated rings. The third-order valence-corrected chi connectivity index (χ3v) is 5.85. The standard InChI is InChI=1S/C28H14N4O3/c29-15-17(16-30)25-20-9-4-5-10-21(20)26(33)22(25)13-19-14-24-27(32(19)18-7-2-1-3-8-18)31-28(35-24)23-11-6-12-34-23/h1-14H/b22-13-. The molecule has 0 saturated heterocycles. The summed E-state index contributed by atoms with van der Waals surface area (Å²) < 4.78 is 13.3. The van der Waals surface area contributed by atoms with Gasteiger partial charge in [-0.25, -0.2) is 0 Å². The molecular weight excluding hydrogens is 440 g/mol. The highest BCUT2D eigenvalue weighted by atomic mass is 16.4. The van der Waals surface area contributed by atoms with E-state index >= 15 is 0 Å². The molecule has 5 aromatic rings. The lowest BCUT2D eigenvalue weighted by Gasteiger charge is -2.08. The Balaban J connectivity index is 1.62. The first-order valence-corrected chi connectivity index (χ1v) is 10.7. The fourth-order valence-corrected chi connectivity index (χ4v) is 4.35. The van der Waals surface area contributed by atoms with Gasteiger partial charge in [-0.1, -0.05) is 42.5 Å². The van der Waals surface area contributed by atoms with Crippen LogP contribution in [0.2, 0.25) is 0 Å². The number of carbonyl (C=O) groups is 1. The summed E-state index contributed by atoms with van der Waals surface area (Å²) in [6.07, 6.45) is 3.23. The molecule has 0 amide bonds. The van der Waals surface area contributed by atoms with Crippen molar-refractivity contribution in [1.29, 1.82) is 10.5 Å². The molecule has 35 heavy (non-hydrogen) atoms. The van der Waals surface area contributed by atoms with Crippen molar-refractivity contribution in [3.63, 3.8) is 0 Å². The van der Waals surface area contributed by atoms with Crippen molar-refractivity contribution in [2.24, 2.45) is 0 Å². The molecule has 6 rings (SSSR count). The van der Waals surface area contributed by atoms with Crippen LogP contribution in [0, 0.1) is 22.7 Å². The van der Waals surface area contributed by atoms with E-state index in [1.54, 1.807) is 54.8 Å². The minimum absolute atomic E-state index is 0.116. The molecule has 1 aliphatic carbocycles. The van der Waals surface area contributed by atoms with Crippen LogP contribution in [0.25, 0.3) is 40.2 Å². The van der Waals surface area contributed by atoms with Crippen LogP contribution in [0.1, 0.15) is 21.6 Å². The zero-order chi connectivity index (χ0) is 23.9. The second kappa shape index (κ2) is 7.87. The molecule has 0 aliphatic heterocycles. The van der Waals surface area contributed by atoms with Gasteiger partial charge in [0.05, 0.1) is 12.0 Å². The molecule has 7 heteroatoms. The molecule has 3 aromatic heterocycles. The quantitative estimate of drug-likeness (QED) is 0.246. The van der Waals surface area contributed by atoms with Crippen molar-refractivity contribution in [1.82, 2.24) is 9.55 Å². The molecule has 0 atom stereocenters. The molecule has 1 aliphatic rings. The van der Waals surface area contributed by atoms with Gasteiger partial charge in [0.25, 0.3) is 5.89 Å². The number of aromatic nitrogens is 2. The van der Waals surface area contributed by atoms with Crippen molar-refractivity contribution in [3.8, 4) is 29.5 Å². The smallest absolute Gasteiger partial charge is 0.265 e. The van der Waals surface area contributed by atoms with Crippen LogP contribution in [0.4, 0.5) is 0 Å². The Morgan fingerprint density at radius 2 is 1.69 bits per heavy atom. The first kappa shape index (κ1) is 20.2. The number of Topliss-reactive ketones (excluding diaryl/α,β-unsaturated/α-hetero) is 1. The number of allylic oxidation sites excluding steroid dienone is 3. The van der Waals surface area contributed by atoms with Crippen molar-refractivity contribution in [3.05, 3.63) is 107 Å². The molecule has 0 unspecified atom stereocenters. The highest BCUT2D eigenvalue weighted by Crippen LogP contribution is 2.40. The van der Waals surface area contributed by atoms with Gasteiger partial charge in [0.1, 0.15) is 17.7 Å². The van der Waals surface area contributed by atoms with Gasteiger partial charge in [-0.15, -0.1) is 0 Å². The number of ketones is 1. The fourth-order valence-electron chi connectivity index (χ4n) is 4.35. The third kappa shape index (κ3) is 3.12. The summed E-state index contributed by atoms with van der Waals surface area (Å²) in [5.41, 5.74) is 3.98. The molecular formula is C28H14N4O3. The van der Waals surface area contributed by atoms with Crippen LogP contribution in [0.3, 0.4) is 0 Å². The largest absolute Gasteiger partial charge is 0.459 e. The van der Waals surface area contributed by atoms with Crippen LogP contribution in [-0.4, -0.2) is 15.3 Å². The number of nitrogens with zero attached hydrogens (tertiary/aromatic N) is 4. The monoisotopic (exact) mass is 454 g/mol. The van der Waals surface area contributed by atoms with Crippen LogP contribution in [0.15, 0.2) is 99.0 Å². The van der Waals surface area contributed by atoms with E-state index in [9.17, 15) is 15.3 Å². The first-order valence-electron chi connectivity index (χ1n) is 10.7. The van der Waals surface area contributed by atoms with Gasteiger partial charge in [0.15, 0.2) is 22.8 Å². The number of carbonyl (C=O) groups excluding carboxylic acids is 1. The van der Waals surface area contributed by atoms with Crippen LogP contribution in [0.5, 0.6) is 0 Å². The lowest BCUT2D eigenvalue weighted by molar-refractivity contribution is 0.104. The molecule has 0 saturated carbocycles. The average Bonchev–Trinajstić information content (AvgIpc) is 3.66. The van der Waals surface area contributed by atoms with Crippen molar-refractivity contribution in [2.75, 3.05) is 0 Å². The van der Waals surface area contributed by atoms with Gasteiger partial charge < -0.3 is 8.83 Å². The first-order chi connectivity index (χ1) is 17.2. The number of rotatable bonds is 3. The summed E-state index contributed by atoms with van der Waals surface area (Å²) >= 11 is 0. The topological polar surface area (TPSA) is 109 Å². The zero-order valence-corrected chi connectivity index (χ0v) is 18.1. The zero-order valence-electron chi connectivity index (χ0n) is 18.1. The number of hydrogen-bond donors (Lipinski definition) is 0. The SMILES string of the molecule is N#CC(C#N)=C1/C(=C/c2cc3oc(-c4ccco4)nc3n2-c2ccccc2)C(=O)c2ccccc21. The molecule has 0 N–H and O–H groups in total. The summed E-state index contributed by atoms with van der Waals surface area (Å²) in [6, 6.07) is 25.7. The number of nitriles is 2. The molecule has 0 radical (unpaired) electrons. The van der Waals surface area contributed by atoms with Crippen molar-refractivity contribution < 1.29 is 13.6 Å². The van der Waals surface area contributed by atoms with E-state index in [1.165, 1.54) is 0 Å². The Labute approximate surface area is 199 Å². The number of oxazole rings is 1. The molecule has 2 aromatic carbocycles. The number of hydrogen-bond acceptors (Lipinski definition) is 6. The second-order valence-electron chi connectivity index (χ2n) is 7.83. The van der Waals surface area contributed by atoms with E-state index in [-0.39, 0.29) is 16.9 Å². The van der Waals surface area contributed by atoms with Gasteiger partial charge in [-0.2, -0.15) is 15.5 Å². The lowest BCUT2D eigenvalue weighted by atomic mass is 9.99. The highest BCUT2D eigenvalue weighted by molar-refractivity contribution is 6.29. The van der Waals surface area contributed by atoms with Gasteiger partial charge in [0, 0.05) is 28.5 Å². The number of benzene rings is 2. The van der Waals surface area contributed by atoms with E-state index in [0.717, 1.165) is 5.69 Å². The molecule has 3 heterocycles. The van der Waals surface area contributed by atoms with Crippen LogP contribution < -0.4 is 0 Å². The predicted octanol–water partition coefficient (Wildman–Crippen LogP) is 5.96. The molecule has 0 bridgehead atoms. The Morgan fingerprint density at radius 1 is 0.943 bits per heavy atom. The van der Waals surface area contributed by atoms with Crippen molar-refractivity contribution in [2.45, 2.75) is 0 Å². The van der Waals surface area contributed by atoms with Crippen molar-refractivity contribution >= 4 is 28.7 Å². The maximum atomic E-state index is 13.4. The Morgan fingerprint density at radius 3 is 2.40 bits per heavy atom. The summed E-state index contributed by atoms with van der Waals surface area (Å²) in [5.74, 6) is 0.588. The number of furan rings is 1. The predicted molar refractivity (Wildman–Crippen MR) is 128 cm³/mol. The Kier molecular flexibility index (Phi) is 4.55. The lowest BCUT2D eigenvalue weighted by Crippen LogP contribution is -2.00. The number of fused-ring (bicyclic) bond motifs is 2. The van der Waals surface area contributed by atoms with Crippen LogP contribution >= 0.6 is 0 Å². The Bertz CT molecular complexity index is 1750. The van der Waals surface area contributed by atoms with E-state index < -0.39 is 0 Å². The van der Waals surface area contributed by atoms with Gasteiger partial charge in [0.2, 0.25) is 0 Å².